The zero-order valence-corrected chi connectivity index (χ0v) is 11.4. The maximum atomic E-state index is 5.93. The fraction of sp³-hybridized carbons (Fsp3) is 0.600. The summed E-state index contributed by atoms with van der Waals surface area (Å²) in [5, 5.41) is 0. The van der Waals surface area contributed by atoms with Crippen LogP contribution in [0.5, 0.6) is 0 Å². The van der Waals surface area contributed by atoms with Crippen LogP contribution in [0.4, 0.5) is 0 Å². The van der Waals surface area contributed by atoms with E-state index in [-0.39, 0.29) is 0 Å². The average Bonchev–Trinajstić information content (AvgIpc) is 2.83. The molecule has 1 fully saturated rings. The molecule has 1 aliphatic heterocycles. The Morgan fingerprint density at radius 1 is 1.39 bits per heavy atom. The predicted molar refractivity (Wildman–Crippen MR) is 74.7 cm³/mol. The van der Waals surface area contributed by atoms with Gasteiger partial charge < -0.3 is 15.4 Å². The monoisotopic (exact) mass is 248 g/mol. The van der Waals surface area contributed by atoms with Crippen molar-refractivity contribution in [3.05, 3.63) is 35.9 Å². The Kier molecular flexibility index (Phi) is 4.75. The summed E-state index contributed by atoms with van der Waals surface area (Å²) in [4.78, 5) is 2.40. The molecule has 0 amide bonds. The number of hydrogen-bond acceptors (Lipinski definition) is 3. The molecule has 3 heteroatoms. The van der Waals surface area contributed by atoms with Crippen LogP contribution in [0.2, 0.25) is 0 Å². The molecule has 18 heavy (non-hydrogen) atoms. The van der Waals surface area contributed by atoms with Crippen molar-refractivity contribution in [1.82, 2.24) is 4.90 Å². The summed E-state index contributed by atoms with van der Waals surface area (Å²) >= 11 is 0. The maximum absolute atomic E-state index is 5.93. The number of ether oxygens (including phenoxy) is 1. The van der Waals surface area contributed by atoms with Gasteiger partial charge in [-0.1, -0.05) is 30.3 Å². The third-order valence-electron chi connectivity index (χ3n) is 3.97. The molecule has 3 unspecified atom stereocenters. The lowest BCUT2D eigenvalue weighted by molar-refractivity contribution is 0.0818. The Morgan fingerprint density at radius 3 is 2.67 bits per heavy atom. The molecular formula is C15H24N2O. The fourth-order valence-corrected chi connectivity index (χ4v) is 2.82. The van der Waals surface area contributed by atoms with Crippen LogP contribution in [0.25, 0.3) is 0 Å². The fourth-order valence-electron chi connectivity index (χ4n) is 2.82. The van der Waals surface area contributed by atoms with E-state index in [1.54, 1.807) is 0 Å². The first kappa shape index (κ1) is 13.5. The van der Waals surface area contributed by atoms with E-state index in [9.17, 15) is 0 Å². The number of benzene rings is 1. The van der Waals surface area contributed by atoms with Gasteiger partial charge in [0.2, 0.25) is 0 Å². The Balaban J connectivity index is 1.98. The van der Waals surface area contributed by atoms with Gasteiger partial charge in [-0.15, -0.1) is 0 Å². The van der Waals surface area contributed by atoms with Crippen molar-refractivity contribution in [2.75, 3.05) is 26.7 Å². The summed E-state index contributed by atoms with van der Waals surface area (Å²) in [5.74, 6) is 0.406. The van der Waals surface area contributed by atoms with Gasteiger partial charge in [-0.05, 0) is 26.0 Å². The molecule has 1 aliphatic rings. The highest BCUT2D eigenvalue weighted by atomic mass is 16.5. The van der Waals surface area contributed by atoms with Crippen LogP contribution in [0.3, 0.4) is 0 Å². The van der Waals surface area contributed by atoms with Gasteiger partial charge in [-0.25, -0.2) is 0 Å². The Bertz CT molecular complexity index is 355. The summed E-state index contributed by atoms with van der Waals surface area (Å²) in [7, 11) is 2.18. The quantitative estimate of drug-likeness (QED) is 0.864. The highest BCUT2D eigenvalue weighted by molar-refractivity contribution is 5.20. The maximum Gasteiger partial charge on any atom is 0.0702 e. The van der Waals surface area contributed by atoms with Crippen LogP contribution in [0, 0.1) is 0 Å². The second kappa shape index (κ2) is 6.32. The van der Waals surface area contributed by atoms with Crippen LogP contribution < -0.4 is 5.73 Å². The third-order valence-corrected chi connectivity index (χ3v) is 3.97. The van der Waals surface area contributed by atoms with Gasteiger partial charge in [-0.3, -0.25) is 0 Å². The lowest BCUT2D eigenvalue weighted by Crippen LogP contribution is -2.40. The van der Waals surface area contributed by atoms with Crippen LogP contribution in [-0.4, -0.2) is 43.8 Å². The van der Waals surface area contributed by atoms with Gasteiger partial charge in [0.05, 0.1) is 6.10 Å². The van der Waals surface area contributed by atoms with Gasteiger partial charge >= 0.3 is 0 Å². The molecule has 3 atom stereocenters. The van der Waals surface area contributed by atoms with Gasteiger partial charge in [0.15, 0.2) is 0 Å². The van der Waals surface area contributed by atoms with Crippen LogP contribution in [-0.2, 0) is 4.74 Å². The lowest BCUT2D eigenvalue weighted by atomic mass is 9.97. The minimum Gasteiger partial charge on any atom is -0.377 e. The molecule has 1 heterocycles. The summed E-state index contributed by atoms with van der Waals surface area (Å²) in [6.07, 6.45) is 1.47. The molecule has 0 bridgehead atoms. The molecule has 1 saturated heterocycles. The minimum absolute atomic E-state index is 0.337. The minimum atomic E-state index is 0.337. The molecule has 0 radical (unpaired) electrons. The van der Waals surface area contributed by atoms with Crippen molar-refractivity contribution in [3.8, 4) is 0 Å². The van der Waals surface area contributed by atoms with Gasteiger partial charge in [-0.2, -0.15) is 0 Å². The van der Waals surface area contributed by atoms with E-state index in [1.165, 1.54) is 5.56 Å². The van der Waals surface area contributed by atoms with Crippen molar-refractivity contribution in [2.24, 2.45) is 5.73 Å². The number of nitrogens with zero attached hydrogens (tertiary/aromatic N) is 1. The molecule has 0 saturated carbocycles. The molecule has 100 valence electrons. The van der Waals surface area contributed by atoms with Crippen molar-refractivity contribution < 1.29 is 4.74 Å². The molecule has 1 aromatic rings. The van der Waals surface area contributed by atoms with E-state index < -0.39 is 0 Å². The summed E-state index contributed by atoms with van der Waals surface area (Å²) in [6, 6.07) is 11.1. The topological polar surface area (TPSA) is 38.5 Å². The molecule has 0 aliphatic carbocycles. The van der Waals surface area contributed by atoms with Crippen LogP contribution >= 0.6 is 0 Å². The zero-order chi connectivity index (χ0) is 13.0. The molecule has 3 nitrogen and oxygen atoms in total. The highest BCUT2D eigenvalue weighted by Gasteiger charge is 2.28. The van der Waals surface area contributed by atoms with E-state index in [0.29, 0.717) is 24.6 Å². The number of likely N-dealkylation sites (N-methyl/N-ethyl adjacent to an activating group) is 1. The summed E-state index contributed by atoms with van der Waals surface area (Å²) < 4.78 is 5.63. The van der Waals surface area contributed by atoms with E-state index in [1.807, 2.05) is 6.07 Å². The van der Waals surface area contributed by atoms with E-state index >= 15 is 0 Å². The van der Waals surface area contributed by atoms with Gasteiger partial charge in [0, 0.05) is 31.7 Å². The molecule has 2 N–H and O–H groups in total. The van der Waals surface area contributed by atoms with Crippen LogP contribution in [0.1, 0.15) is 24.8 Å². The van der Waals surface area contributed by atoms with Gasteiger partial charge in [0.25, 0.3) is 0 Å². The third kappa shape index (κ3) is 3.10. The normalized spacial score (nSPS) is 25.6. The SMILES string of the molecule is CC1OCCC1N(C)CC(CN)c1ccccc1. The first-order valence-corrected chi connectivity index (χ1v) is 6.79. The van der Waals surface area contributed by atoms with Crippen LogP contribution in [0.15, 0.2) is 30.3 Å². The number of rotatable bonds is 5. The van der Waals surface area contributed by atoms with Crippen molar-refractivity contribution in [2.45, 2.75) is 31.4 Å². The molecule has 0 spiro atoms. The highest BCUT2D eigenvalue weighted by Crippen LogP contribution is 2.22. The predicted octanol–water partition coefficient (Wildman–Crippen LogP) is 1.84. The lowest BCUT2D eigenvalue weighted by Gasteiger charge is -2.30. The molecule has 1 aromatic carbocycles. The smallest absolute Gasteiger partial charge is 0.0702 e. The van der Waals surface area contributed by atoms with E-state index in [0.717, 1.165) is 19.6 Å². The Morgan fingerprint density at radius 2 is 2.11 bits per heavy atom. The summed E-state index contributed by atoms with van der Waals surface area (Å²) in [5.41, 5.74) is 7.26. The standard InChI is InChI=1S/C15H24N2O/c1-12-15(8-9-18-12)17(2)11-14(10-16)13-6-4-3-5-7-13/h3-7,12,14-15H,8-11,16H2,1-2H3. The Labute approximate surface area is 110 Å². The second-order valence-electron chi connectivity index (χ2n) is 5.21. The number of hydrogen-bond donors (Lipinski definition) is 1. The average molecular weight is 248 g/mol. The number of nitrogens with two attached hydrogens (primary N) is 1. The molecule has 2 rings (SSSR count). The van der Waals surface area contributed by atoms with Crippen molar-refractivity contribution in [3.63, 3.8) is 0 Å². The first-order valence-electron chi connectivity index (χ1n) is 6.79. The zero-order valence-electron chi connectivity index (χ0n) is 11.4. The molecule has 0 aromatic heterocycles. The van der Waals surface area contributed by atoms with Crippen molar-refractivity contribution in [1.29, 1.82) is 0 Å². The van der Waals surface area contributed by atoms with Crippen molar-refractivity contribution >= 4 is 0 Å². The first-order chi connectivity index (χ1) is 8.72. The summed E-state index contributed by atoms with van der Waals surface area (Å²) in [6.45, 7) is 4.73. The largest absolute Gasteiger partial charge is 0.377 e. The Hall–Kier alpha value is -0.900. The van der Waals surface area contributed by atoms with E-state index in [2.05, 4.69) is 43.1 Å². The molecular weight excluding hydrogens is 224 g/mol. The van der Waals surface area contributed by atoms with Gasteiger partial charge in [0.1, 0.15) is 0 Å². The second-order valence-corrected chi connectivity index (χ2v) is 5.21. The van der Waals surface area contributed by atoms with E-state index in [4.69, 9.17) is 10.5 Å².